The number of nitrogens with zero attached hydrogens (tertiary/aromatic N) is 7. The van der Waals surface area contributed by atoms with Crippen LogP contribution in [0.25, 0.3) is 28.0 Å². The monoisotopic (exact) mass is 437 g/mol. The largest absolute Gasteiger partial charge is 0.368 e. The van der Waals surface area contributed by atoms with Gasteiger partial charge < -0.3 is 9.80 Å². The maximum atomic E-state index is 11.8. The first kappa shape index (κ1) is 20.5. The molecule has 0 atom stereocenters. The van der Waals surface area contributed by atoms with Crippen LogP contribution in [0.5, 0.6) is 0 Å². The molecule has 0 radical (unpaired) electrons. The zero-order valence-electron chi connectivity index (χ0n) is 18.3. The normalized spacial score (nSPS) is 13.8. The fourth-order valence-electron chi connectivity index (χ4n) is 4.30. The molecule has 0 N–H and O–H groups in total. The van der Waals surface area contributed by atoms with E-state index in [1.165, 1.54) is 6.08 Å². The van der Waals surface area contributed by atoms with Crippen LogP contribution in [0.3, 0.4) is 0 Å². The first-order valence-electron chi connectivity index (χ1n) is 10.7. The Morgan fingerprint density at radius 3 is 2.45 bits per heavy atom. The van der Waals surface area contributed by atoms with Gasteiger partial charge in [0.2, 0.25) is 5.91 Å². The van der Waals surface area contributed by atoms with Crippen LogP contribution < -0.4 is 4.90 Å². The summed E-state index contributed by atoms with van der Waals surface area (Å²) in [6.07, 6.45) is 6.76. The zero-order chi connectivity index (χ0) is 22.9. The van der Waals surface area contributed by atoms with Crippen molar-refractivity contribution in [1.29, 1.82) is 5.26 Å². The Labute approximate surface area is 191 Å². The van der Waals surface area contributed by atoms with Crippen molar-refractivity contribution >= 4 is 17.2 Å². The molecule has 33 heavy (non-hydrogen) atoms. The van der Waals surface area contributed by atoms with Crippen molar-refractivity contribution in [2.24, 2.45) is 7.05 Å². The number of imidazole rings is 1. The third kappa shape index (κ3) is 3.74. The van der Waals surface area contributed by atoms with Crippen LogP contribution >= 0.6 is 0 Å². The molecule has 5 rings (SSSR count). The van der Waals surface area contributed by atoms with E-state index >= 15 is 0 Å². The summed E-state index contributed by atoms with van der Waals surface area (Å²) in [7, 11) is 1.89. The van der Waals surface area contributed by atoms with Crippen molar-refractivity contribution < 1.29 is 4.79 Å². The Hall–Kier alpha value is -4.38. The molecule has 164 valence electrons. The number of benzene rings is 1. The molecule has 0 aliphatic carbocycles. The third-order valence-corrected chi connectivity index (χ3v) is 6.05. The Morgan fingerprint density at radius 1 is 1.06 bits per heavy atom. The highest BCUT2D eigenvalue weighted by atomic mass is 16.2. The van der Waals surface area contributed by atoms with Crippen LogP contribution in [0.15, 0.2) is 67.6 Å². The first-order chi connectivity index (χ1) is 16.1. The van der Waals surface area contributed by atoms with Crippen LogP contribution in [0, 0.1) is 11.3 Å². The summed E-state index contributed by atoms with van der Waals surface area (Å²) in [5, 5.41) is 13.9. The predicted molar refractivity (Wildman–Crippen MR) is 127 cm³/mol. The SMILES string of the molecule is C=CC(=O)N1CCN(c2ccc(-c3cc(-c4cnn(C)c4)cc4ncc(C#N)n34)cc2)CC1. The van der Waals surface area contributed by atoms with Crippen molar-refractivity contribution in [2.75, 3.05) is 31.1 Å². The Morgan fingerprint density at radius 2 is 1.82 bits per heavy atom. The average Bonchev–Trinajstić information content (AvgIpc) is 3.49. The minimum absolute atomic E-state index is 0.0175. The second-order valence-electron chi connectivity index (χ2n) is 8.04. The molecule has 8 nitrogen and oxygen atoms in total. The Bertz CT molecular complexity index is 1380. The predicted octanol–water partition coefficient (Wildman–Crippen LogP) is 3.11. The van der Waals surface area contributed by atoms with Gasteiger partial charge in [-0.2, -0.15) is 10.4 Å². The summed E-state index contributed by atoms with van der Waals surface area (Å²) in [4.78, 5) is 20.4. The van der Waals surface area contributed by atoms with Crippen molar-refractivity contribution in [3.8, 4) is 28.5 Å². The number of aromatic nitrogens is 4. The summed E-state index contributed by atoms with van der Waals surface area (Å²) in [6, 6.07) is 14.6. The second-order valence-corrected chi connectivity index (χ2v) is 8.04. The minimum atomic E-state index is -0.0175. The number of anilines is 1. The lowest BCUT2D eigenvalue weighted by Crippen LogP contribution is -2.48. The van der Waals surface area contributed by atoms with Crippen molar-refractivity contribution in [3.63, 3.8) is 0 Å². The molecular weight excluding hydrogens is 414 g/mol. The molecule has 1 aliphatic heterocycles. The molecule has 8 heteroatoms. The lowest BCUT2D eigenvalue weighted by atomic mass is 10.0. The van der Waals surface area contributed by atoms with Crippen LogP contribution in [0.1, 0.15) is 5.69 Å². The molecular formula is C25H23N7O. The number of amides is 1. The number of aryl methyl sites for hydroxylation is 1. The summed E-state index contributed by atoms with van der Waals surface area (Å²) >= 11 is 0. The standard InChI is InChI=1S/C25H23N7O/c1-3-25(33)31-10-8-30(9-11-31)21-6-4-18(5-7-21)23-12-19(20-15-28-29(2)17-20)13-24-27-16-22(14-26)32(23)24/h3-7,12-13,15-17H,1,8-11H2,2H3. The van der Waals surface area contributed by atoms with Gasteiger partial charge in [-0.3, -0.25) is 13.9 Å². The van der Waals surface area contributed by atoms with E-state index in [4.69, 9.17) is 0 Å². The molecule has 1 aliphatic rings. The molecule has 0 saturated carbocycles. The molecule has 4 aromatic rings. The summed E-state index contributed by atoms with van der Waals surface area (Å²) < 4.78 is 3.65. The van der Waals surface area contributed by atoms with E-state index in [-0.39, 0.29) is 5.91 Å². The van der Waals surface area contributed by atoms with Crippen molar-refractivity contribution in [1.82, 2.24) is 24.1 Å². The number of hydrogen-bond acceptors (Lipinski definition) is 5. The Kier molecular flexibility index (Phi) is 5.15. The summed E-state index contributed by atoms with van der Waals surface area (Å²) in [5.74, 6) is -0.0175. The van der Waals surface area contributed by atoms with E-state index < -0.39 is 0 Å². The fourth-order valence-corrected chi connectivity index (χ4v) is 4.30. The molecule has 3 aromatic heterocycles. The van der Waals surface area contributed by atoms with Crippen LogP contribution in [0.4, 0.5) is 5.69 Å². The van der Waals surface area contributed by atoms with E-state index in [0.717, 1.165) is 46.8 Å². The average molecular weight is 438 g/mol. The van der Waals surface area contributed by atoms with Gasteiger partial charge in [0, 0.05) is 50.7 Å². The maximum Gasteiger partial charge on any atom is 0.246 e. The number of nitriles is 1. The number of fused-ring (bicyclic) bond motifs is 1. The Balaban J connectivity index is 1.49. The topological polar surface area (TPSA) is 82.5 Å². The highest BCUT2D eigenvalue weighted by molar-refractivity contribution is 5.87. The van der Waals surface area contributed by atoms with Gasteiger partial charge in [-0.05, 0) is 41.5 Å². The quantitative estimate of drug-likeness (QED) is 0.458. The highest BCUT2D eigenvalue weighted by Gasteiger charge is 2.20. The fraction of sp³-hybridized carbons (Fsp3) is 0.200. The lowest BCUT2D eigenvalue weighted by Gasteiger charge is -2.35. The molecule has 1 fully saturated rings. The highest BCUT2D eigenvalue weighted by Crippen LogP contribution is 2.30. The molecule has 1 saturated heterocycles. The molecule has 4 heterocycles. The van der Waals surface area contributed by atoms with Crippen molar-refractivity contribution in [3.05, 3.63) is 73.3 Å². The minimum Gasteiger partial charge on any atom is -0.368 e. The van der Waals surface area contributed by atoms with E-state index in [1.54, 1.807) is 10.9 Å². The third-order valence-electron chi connectivity index (χ3n) is 6.05. The van der Waals surface area contributed by atoms with Gasteiger partial charge in [-0.15, -0.1) is 0 Å². The van der Waals surface area contributed by atoms with E-state index in [1.807, 2.05) is 34.8 Å². The van der Waals surface area contributed by atoms with Crippen LogP contribution in [-0.4, -0.2) is 56.2 Å². The number of rotatable bonds is 4. The van der Waals surface area contributed by atoms with Gasteiger partial charge in [-0.25, -0.2) is 4.98 Å². The number of carbonyl (C=O) groups is 1. The molecule has 0 spiro atoms. The van der Waals surface area contributed by atoms with Crippen LogP contribution in [0.2, 0.25) is 0 Å². The summed E-state index contributed by atoms with van der Waals surface area (Å²) in [6.45, 7) is 6.49. The van der Waals surface area contributed by atoms with Gasteiger partial charge >= 0.3 is 0 Å². The number of hydrogen-bond donors (Lipinski definition) is 0. The van der Waals surface area contributed by atoms with Gasteiger partial charge in [0.1, 0.15) is 17.4 Å². The number of piperazine rings is 1. The van der Waals surface area contributed by atoms with Gasteiger partial charge in [0.25, 0.3) is 0 Å². The van der Waals surface area contributed by atoms with E-state index in [9.17, 15) is 10.1 Å². The van der Waals surface area contributed by atoms with E-state index in [0.29, 0.717) is 18.8 Å². The number of carbonyl (C=O) groups excluding carboxylic acids is 1. The maximum absolute atomic E-state index is 11.8. The van der Waals surface area contributed by atoms with Crippen molar-refractivity contribution in [2.45, 2.75) is 0 Å². The van der Waals surface area contributed by atoms with Gasteiger partial charge in [-0.1, -0.05) is 18.7 Å². The number of pyridine rings is 1. The molecule has 1 aromatic carbocycles. The zero-order valence-corrected chi connectivity index (χ0v) is 18.3. The molecule has 0 unspecified atom stereocenters. The lowest BCUT2D eigenvalue weighted by molar-refractivity contribution is -0.126. The van der Waals surface area contributed by atoms with Gasteiger partial charge in [0.05, 0.1) is 18.1 Å². The molecule has 1 amide bonds. The van der Waals surface area contributed by atoms with E-state index in [2.05, 4.69) is 58.0 Å². The van der Waals surface area contributed by atoms with Gasteiger partial charge in [0.15, 0.2) is 0 Å². The molecule has 0 bridgehead atoms. The summed E-state index contributed by atoms with van der Waals surface area (Å²) in [5.41, 5.74) is 6.19. The first-order valence-corrected chi connectivity index (χ1v) is 10.7. The van der Waals surface area contributed by atoms with Crippen LogP contribution in [-0.2, 0) is 11.8 Å². The smallest absolute Gasteiger partial charge is 0.246 e. The second kappa shape index (κ2) is 8.28.